The summed E-state index contributed by atoms with van der Waals surface area (Å²) in [6.45, 7) is 1.96. The van der Waals surface area contributed by atoms with Gasteiger partial charge in [0.1, 0.15) is 13.2 Å². The van der Waals surface area contributed by atoms with E-state index in [1.807, 2.05) is 22.9 Å². The normalized spacial score (nSPS) is 13.9. The van der Waals surface area contributed by atoms with Crippen LogP contribution in [0.4, 0.5) is 0 Å². The second-order valence-electron chi connectivity index (χ2n) is 4.91. The Morgan fingerprint density at radius 3 is 2.50 bits per heavy atom. The van der Waals surface area contributed by atoms with Crippen molar-refractivity contribution >= 4 is 10.9 Å². The van der Waals surface area contributed by atoms with Crippen LogP contribution in [-0.4, -0.2) is 41.2 Å². The van der Waals surface area contributed by atoms with Gasteiger partial charge in [-0.3, -0.25) is 0 Å². The van der Waals surface area contributed by atoms with Gasteiger partial charge in [0.15, 0.2) is 11.5 Å². The van der Waals surface area contributed by atoms with E-state index in [2.05, 4.69) is 0 Å². The summed E-state index contributed by atoms with van der Waals surface area (Å²) in [4.78, 5) is 0. The number of aliphatic hydroxyl groups is 2. The van der Waals surface area contributed by atoms with Gasteiger partial charge < -0.3 is 24.3 Å². The molecule has 0 spiro atoms. The second kappa shape index (κ2) is 5.73. The molecule has 0 radical (unpaired) electrons. The van der Waals surface area contributed by atoms with Crippen molar-refractivity contribution in [3.63, 3.8) is 0 Å². The van der Waals surface area contributed by atoms with Crippen LogP contribution in [-0.2, 0) is 13.0 Å². The van der Waals surface area contributed by atoms with Gasteiger partial charge in [0.25, 0.3) is 0 Å². The Balaban J connectivity index is 2.09. The Hall–Kier alpha value is -1.72. The minimum absolute atomic E-state index is 0.0949. The molecule has 0 aliphatic carbocycles. The highest BCUT2D eigenvalue weighted by molar-refractivity contribution is 5.87. The Morgan fingerprint density at radius 2 is 1.80 bits per heavy atom. The van der Waals surface area contributed by atoms with Crippen LogP contribution < -0.4 is 9.47 Å². The van der Waals surface area contributed by atoms with E-state index < -0.39 is 0 Å². The van der Waals surface area contributed by atoms with Crippen molar-refractivity contribution in [2.24, 2.45) is 0 Å². The van der Waals surface area contributed by atoms with E-state index in [1.54, 1.807) is 0 Å². The lowest BCUT2D eigenvalue weighted by Gasteiger charge is -2.18. The Morgan fingerprint density at radius 1 is 1.05 bits per heavy atom. The standard InChI is InChI=1S/C15H19NO4/c17-4-1-2-11-10-16(3-5-18)13-9-15-14(8-12(11)13)19-6-7-20-15/h8-10,17-18H,1-7H2. The third-order valence-corrected chi connectivity index (χ3v) is 3.57. The van der Waals surface area contributed by atoms with Gasteiger partial charge in [0.05, 0.1) is 12.1 Å². The number of aryl methyl sites for hydroxylation is 1. The first-order valence-corrected chi connectivity index (χ1v) is 6.96. The third-order valence-electron chi connectivity index (χ3n) is 3.57. The number of ether oxygens (including phenoxy) is 2. The van der Waals surface area contributed by atoms with E-state index in [9.17, 15) is 5.11 Å². The Labute approximate surface area is 117 Å². The van der Waals surface area contributed by atoms with Crippen molar-refractivity contribution in [1.29, 1.82) is 0 Å². The van der Waals surface area contributed by atoms with Gasteiger partial charge in [-0.15, -0.1) is 0 Å². The van der Waals surface area contributed by atoms with E-state index in [0.29, 0.717) is 19.8 Å². The van der Waals surface area contributed by atoms with Gasteiger partial charge in [0.2, 0.25) is 0 Å². The lowest BCUT2D eigenvalue weighted by atomic mass is 10.1. The molecule has 0 fully saturated rings. The topological polar surface area (TPSA) is 63.9 Å². The fourth-order valence-electron chi connectivity index (χ4n) is 2.66. The lowest BCUT2D eigenvalue weighted by molar-refractivity contribution is 0.172. The number of hydrogen-bond acceptors (Lipinski definition) is 4. The maximum atomic E-state index is 9.19. The summed E-state index contributed by atoms with van der Waals surface area (Å²) in [5.74, 6) is 1.53. The van der Waals surface area contributed by atoms with Crippen molar-refractivity contribution in [1.82, 2.24) is 4.57 Å². The fraction of sp³-hybridized carbons (Fsp3) is 0.467. The molecule has 20 heavy (non-hydrogen) atoms. The third kappa shape index (κ3) is 2.34. The highest BCUT2D eigenvalue weighted by Crippen LogP contribution is 2.36. The van der Waals surface area contributed by atoms with Crippen LogP contribution in [0, 0.1) is 0 Å². The molecule has 2 heterocycles. The fourth-order valence-corrected chi connectivity index (χ4v) is 2.66. The number of fused-ring (bicyclic) bond motifs is 2. The summed E-state index contributed by atoms with van der Waals surface area (Å²) in [6, 6.07) is 3.98. The average Bonchev–Trinajstić information content (AvgIpc) is 2.81. The van der Waals surface area contributed by atoms with Crippen molar-refractivity contribution < 1.29 is 19.7 Å². The molecule has 0 atom stereocenters. The molecule has 2 aromatic rings. The minimum Gasteiger partial charge on any atom is -0.486 e. The molecule has 3 rings (SSSR count). The number of nitrogens with zero attached hydrogens (tertiary/aromatic N) is 1. The van der Waals surface area contributed by atoms with E-state index in [1.165, 1.54) is 5.56 Å². The first-order chi connectivity index (χ1) is 9.83. The monoisotopic (exact) mass is 277 g/mol. The summed E-state index contributed by atoms with van der Waals surface area (Å²) in [7, 11) is 0. The van der Waals surface area contributed by atoms with Crippen LogP contribution in [0.25, 0.3) is 10.9 Å². The molecule has 5 nitrogen and oxygen atoms in total. The number of aliphatic hydroxyl groups excluding tert-OH is 2. The molecule has 0 amide bonds. The Bertz CT molecular complexity index is 605. The summed E-state index contributed by atoms with van der Waals surface area (Å²) in [5, 5.41) is 19.3. The van der Waals surface area contributed by atoms with Gasteiger partial charge in [-0.2, -0.15) is 0 Å². The molecular weight excluding hydrogens is 258 g/mol. The maximum absolute atomic E-state index is 9.19. The zero-order chi connectivity index (χ0) is 13.9. The van der Waals surface area contributed by atoms with E-state index in [0.717, 1.165) is 35.2 Å². The van der Waals surface area contributed by atoms with Crippen LogP contribution in [0.1, 0.15) is 12.0 Å². The number of benzene rings is 1. The highest BCUT2D eigenvalue weighted by atomic mass is 16.6. The van der Waals surface area contributed by atoms with Gasteiger partial charge in [-0.05, 0) is 24.5 Å². The van der Waals surface area contributed by atoms with Gasteiger partial charge in [-0.1, -0.05) is 0 Å². The van der Waals surface area contributed by atoms with Crippen LogP contribution in [0.2, 0.25) is 0 Å². The van der Waals surface area contributed by atoms with Crippen molar-refractivity contribution in [3.8, 4) is 11.5 Å². The molecule has 1 aliphatic heterocycles. The summed E-state index contributed by atoms with van der Waals surface area (Å²) in [6.07, 6.45) is 3.58. The zero-order valence-corrected chi connectivity index (χ0v) is 11.3. The van der Waals surface area contributed by atoms with E-state index in [4.69, 9.17) is 14.6 Å². The summed E-state index contributed by atoms with van der Waals surface area (Å²) < 4.78 is 13.3. The smallest absolute Gasteiger partial charge is 0.163 e. The van der Waals surface area contributed by atoms with E-state index >= 15 is 0 Å². The first-order valence-electron chi connectivity index (χ1n) is 6.96. The van der Waals surface area contributed by atoms with Crippen LogP contribution in [0.15, 0.2) is 18.3 Å². The van der Waals surface area contributed by atoms with Crippen molar-refractivity contribution in [2.45, 2.75) is 19.4 Å². The first kappa shape index (κ1) is 13.3. The number of aromatic nitrogens is 1. The van der Waals surface area contributed by atoms with Crippen molar-refractivity contribution in [2.75, 3.05) is 26.4 Å². The SMILES string of the molecule is OCCCc1cn(CCO)c2cc3c(cc12)OCCO3. The van der Waals surface area contributed by atoms with Gasteiger partial charge in [-0.25, -0.2) is 0 Å². The molecule has 0 saturated heterocycles. The largest absolute Gasteiger partial charge is 0.486 e. The molecule has 1 aromatic heterocycles. The van der Waals surface area contributed by atoms with Gasteiger partial charge in [0, 0.05) is 30.8 Å². The number of hydrogen-bond donors (Lipinski definition) is 2. The van der Waals surface area contributed by atoms with Crippen LogP contribution >= 0.6 is 0 Å². The quantitative estimate of drug-likeness (QED) is 0.865. The highest BCUT2D eigenvalue weighted by Gasteiger charge is 2.17. The minimum atomic E-state index is 0.0949. The molecule has 0 saturated carbocycles. The molecular formula is C15H19NO4. The average molecular weight is 277 g/mol. The second-order valence-corrected chi connectivity index (χ2v) is 4.91. The molecule has 0 bridgehead atoms. The zero-order valence-electron chi connectivity index (χ0n) is 11.3. The maximum Gasteiger partial charge on any atom is 0.163 e. The van der Waals surface area contributed by atoms with Gasteiger partial charge >= 0.3 is 0 Å². The molecule has 5 heteroatoms. The van der Waals surface area contributed by atoms with E-state index in [-0.39, 0.29) is 13.2 Å². The van der Waals surface area contributed by atoms with Crippen molar-refractivity contribution in [3.05, 3.63) is 23.9 Å². The number of rotatable bonds is 5. The predicted octanol–water partition coefficient (Wildman–Crippen LogP) is 1.33. The lowest BCUT2D eigenvalue weighted by Crippen LogP contribution is -2.15. The molecule has 1 aliphatic rings. The molecule has 1 aromatic carbocycles. The molecule has 2 N–H and O–H groups in total. The molecule has 108 valence electrons. The van der Waals surface area contributed by atoms with Crippen LogP contribution in [0.3, 0.4) is 0 Å². The molecule has 0 unspecified atom stereocenters. The van der Waals surface area contributed by atoms with Crippen LogP contribution in [0.5, 0.6) is 11.5 Å². The summed E-state index contributed by atoms with van der Waals surface area (Å²) >= 11 is 0. The summed E-state index contributed by atoms with van der Waals surface area (Å²) in [5.41, 5.74) is 2.20. The predicted molar refractivity (Wildman–Crippen MR) is 75.4 cm³/mol. The Kier molecular flexibility index (Phi) is 3.80.